The summed E-state index contributed by atoms with van der Waals surface area (Å²) in [7, 11) is -3.31. The third kappa shape index (κ3) is 5.33. The van der Waals surface area contributed by atoms with Gasteiger partial charge in [0, 0.05) is 25.2 Å². The van der Waals surface area contributed by atoms with Gasteiger partial charge in [0.25, 0.3) is 10.0 Å². The first-order chi connectivity index (χ1) is 14.9. The maximum atomic E-state index is 12.8. The molecule has 2 aliphatic rings. The quantitative estimate of drug-likeness (QED) is 0.590. The molecule has 170 valence electrons. The molecule has 1 aromatic carbocycles. The molecule has 2 fully saturated rings. The van der Waals surface area contributed by atoms with Gasteiger partial charge in [-0.25, -0.2) is 8.42 Å². The summed E-state index contributed by atoms with van der Waals surface area (Å²) in [6, 6.07) is 11.9. The second kappa shape index (κ2) is 9.61. The molecule has 5 nitrogen and oxygen atoms in total. The van der Waals surface area contributed by atoms with Crippen molar-refractivity contribution in [2.75, 3.05) is 32.8 Å². The molecule has 0 unspecified atom stereocenters. The van der Waals surface area contributed by atoms with Gasteiger partial charge in [0.15, 0.2) is 0 Å². The molecule has 31 heavy (non-hydrogen) atoms. The molecule has 0 saturated carbocycles. The van der Waals surface area contributed by atoms with Gasteiger partial charge in [-0.2, -0.15) is 4.31 Å². The third-order valence-electron chi connectivity index (χ3n) is 6.73. The van der Waals surface area contributed by atoms with Crippen molar-refractivity contribution in [3.8, 4) is 5.75 Å². The van der Waals surface area contributed by atoms with Crippen molar-refractivity contribution in [3.05, 3.63) is 47.3 Å². The zero-order valence-electron chi connectivity index (χ0n) is 18.6. The van der Waals surface area contributed by atoms with Gasteiger partial charge in [0.1, 0.15) is 9.96 Å². The van der Waals surface area contributed by atoms with Crippen LogP contribution < -0.4 is 4.74 Å². The Morgan fingerprint density at radius 1 is 1.00 bits per heavy atom. The number of rotatable bonds is 7. The van der Waals surface area contributed by atoms with Crippen LogP contribution in [0, 0.1) is 11.3 Å². The highest BCUT2D eigenvalue weighted by Crippen LogP contribution is 2.43. The van der Waals surface area contributed by atoms with Crippen molar-refractivity contribution < 1.29 is 13.2 Å². The summed E-state index contributed by atoms with van der Waals surface area (Å²) >= 11 is 1.31. The van der Waals surface area contributed by atoms with E-state index in [1.165, 1.54) is 16.9 Å². The molecule has 2 aliphatic heterocycles. The highest BCUT2D eigenvalue weighted by molar-refractivity contribution is 7.91. The van der Waals surface area contributed by atoms with Crippen molar-refractivity contribution in [2.24, 2.45) is 11.3 Å². The molecule has 0 amide bonds. The molecule has 4 rings (SSSR count). The normalized spacial score (nSPS) is 20.4. The van der Waals surface area contributed by atoms with Gasteiger partial charge in [-0.1, -0.05) is 38.1 Å². The van der Waals surface area contributed by atoms with E-state index in [0.717, 1.165) is 57.7 Å². The average Bonchev–Trinajstić information content (AvgIpc) is 3.31. The fourth-order valence-electron chi connectivity index (χ4n) is 4.70. The first-order valence-electron chi connectivity index (χ1n) is 11.3. The molecule has 3 heterocycles. The predicted octanol–water partition coefficient (Wildman–Crippen LogP) is 4.85. The maximum absolute atomic E-state index is 12.8. The number of thiophene rings is 1. The van der Waals surface area contributed by atoms with E-state index in [1.807, 2.05) is 17.5 Å². The second-order valence-corrected chi connectivity index (χ2v) is 12.5. The summed E-state index contributed by atoms with van der Waals surface area (Å²) in [6.07, 6.45) is 4.24. The number of nitrogens with zero attached hydrogens (tertiary/aromatic N) is 2. The molecule has 0 N–H and O–H groups in total. The first kappa shape index (κ1) is 22.8. The first-order valence-corrected chi connectivity index (χ1v) is 13.7. The molecule has 2 saturated heterocycles. The van der Waals surface area contributed by atoms with Crippen molar-refractivity contribution in [1.82, 2.24) is 9.21 Å². The molecule has 0 bridgehead atoms. The zero-order valence-corrected chi connectivity index (χ0v) is 20.3. The van der Waals surface area contributed by atoms with Crippen LogP contribution >= 0.6 is 11.3 Å². The number of hydrogen-bond donors (Lipinski definition) is 0. The number of ether oxygens (including phenoxy) is 1. The Balaban J connectivity index is 1.31. The summed E-state index contributed by atoms with van der Waals surface area (Å²) in [6.45, 7) is 9.42. The molecule has 0 radical (unpaired) electrons. The van der Waals surface area contributed by atoms with Gasteiger partial charge in [-0.15, -0.1) is 11.3 Å². The van der Waals surface area contributed by atoms with Crippen molar-refractivity contribution in [3.63, 3.8) is 0 Å². The van der Waals surface area contributed by atoms with E-state index in [0.29, 0.717) is 28.6 Å². The van der Waals surface area contributed by atoms with Crippen molar-refractivity contribution in [2.45, 2.75) is 50.3 Å². The Morgan fingerprint density at radius 3 is 2.32 bits per heavy atom. The second-order valence-electron chi connectivity index (χ2n) is 9.42. The summed E-state index contributed by atoms with van der Waals surface area (Å²) < 4.78 is 33.8. The van der Waals surface area contributed by atoms with Crippen LogP contribution in [0.2, 0.25) is 0 Å². The minimum Gasteiger partial charge on any atom is -0.493 e. The summed E-state index contributed by atoms with van der Waals surface area (Å²) in [5.74, 6) is 1.51. The standard InChI is InChI=1S/C24H34N2O3S2/c1-20(2)19-29-22-7-4-3-6-21(22)18-25-13-9-24(10-14-25)11-15-26(16-12-24)31(27,28)23-8-5-17-30-23/h3-8,17,20H,9-16,18-19H2,1-2H3. The van der Waals surface area contributed by atoms with Crippen LogP contribution in [-0.4, -0.2) is 50.4 Å². The lowest BCUT2D eigenvalue weighted by Crippen LogP contribution is -2.47. The van der Waals surface area contributed by atoms with E-state index in [2.05, 4.69) is 36.9 Å². The summed E-state index contributed by atoms with van der Waals surface area (Å²) in [5.41, 5.74) is 1.56. The number of hydrogen-bond acceptors (Lipinski definition) is 5. The smallest absolute Gasteiger partial charge is 0.252 e. The molecular weight excluding hydrogens is 428 g/mol. The van der Waals surface area contributed by atoms with Gasteiger partial charge < -0.3 is 4.74 Å². The van der Waals surface area contributed by atoms with Crippen LogP contribution in [0.25, 0.3) is 0 Å². The minimum absolute atomic E-state index is 0.297. The fraction of sp³-hybridized carbons (Fsp3) is 0.583. The number of likely N-dealkylation sites (tertiary alicyclic amines) is 1. The van der Waals surface area contributed by atoms with E-state index in [-0.39, 0.29) is 0 Å². The number of benzene rings is 1. The summed E-state index contributed by atoms with van der Waals surface area (Å²) in [5, 5.41) is 1.83. The van der Waals surface area contributed by atoms with Crippen LogP contribution in [0.4, 0.5) is 0 Å². The van der Waals surface area contributed by atoms with E-state index in [4.69, 9.17) is 4.74 Å². The van der Waals surface area contributed by atoms with E-state index >= 15 is 0 Å². The van der Waals surface area contributed by atoms with Crippen LogP contribution in [0.5, 0.6) is 5.75 Å². The maximum Gasteiger partial charge on any atom is 0.252 e. The third-order valence-corrected chi connectivity index (χ3v) is 10.00. The highest BCUT2D eigenvalue weighted by Gasteiger charge is 2.40. The minimum atomic E-state index is -3.31. The Hall–Kier alpha value is -1.41. The SMILES string of the molecule is CC(C)COc1ccccc1CN1CCC2(CC1)CCN(S(=O)(=O)c1cccs1)CC2. The van der Waals surface area contributed by atoms with Crippen LogP contribution in [0.3, 0.4) is 0 Å². The summed E-state index contributed by atoms with van der Waals surface area (Å²) in [4.78, 5) is 2.53. The topological polar surface area (TPSA) is 49.9 Å². The van der Waals surface area contributed by atoms with Gasteiger partial charge in [0.05, 0.1) is 6.61 Å². The molecule has 7 heteroatoms. The van der Waals surface area contributed by atoms with Gasteiger partial charge >= 0.3 is 0 Å². The molecule has 0 atom stereocenters. The van der Waals surface area contributed by atoms with Gasteiger partial charge in [0.2, 0.25) is 0 Å². The Bertz CT molecular complexity index is 939. The number of sulfonamides is 1. The highest BCUT2D eigenvalue weighted by atomic mass is 32.2. The Morgan fingerprint density at radius 2 is 1.68 bits per heavy atom. The fourth-order valence-corrected chi connectivity index (χ4v) is 7.28. The lowest BCUT2D eigenvalue weighted by molar-refractivity contribution is 0.0525. The molecular formula is C24H34N2O3S2. The molecule has 1 aromatic heterocycles. The van der Waals surface area contributed by atoms with Crippen LogP contribution in [0.1, 0.15) is 45.1 Å². The number of piperidine rings is 2. The largest absolute Gasteiger partial charge is 0.493 e. The monoisotopic (exact) mass is 462 g/mol. The van der Waals surface area contributed by atoms with E-state index in [1.54, 1.807) is 10.4 Å². The predicted molar refractivity (Wildman–Crippen MR) is 126 cm³/mol. The molecule has 0 aliphatic carbocycles. The van der Waals surface area contributed by atoms with Crippen LogP contribution in [-0.2, 0) is 16.6 Å². The number of para-hydroxylation sites is 1. The average molecular weight is 463 g/mol. The Labute approximate surface area is 191 Å². The van der Waals surface area contributed by atoms with Gasteiger partial charge in [-0.05, 0) is 67.6 Å². The lowest BCUT2D eigenvalue weighted by Gasteiger charge is -2.46. The van der Waals surface area contributed by atoms with E-state index < -0.39 is 10.0 Å². The van der Waals surface area contributed by atoms with Gasteiger partial charge in [-0.3, -0.25) is 4.90 Å². The lowest BCUT2D eigenvalue weighted by atomic mass is 9.71. The van der Waals surface area contributed by atoms with Crippen LogP contribution in [0.15, 0.2) is 46.0 Å². The van der Waals surface area contributed by atoms with E-state index in [9.17, 15) is 8.42 Å². The van der Waals surface area contributed by atoms with Crippen molar-refractivity contribution >= 4 is 21.4 Å². The molecule has 2 aromatic rings. The Kier molecular flexibility index (Phi) is 7.06. The zero-order chi connectivity index (χ0) is 21.9. The molecule has 1 spiro atoms. The van der Waals surface area contributed by atoms with Crippen molar-refractivity contribution in [1.29, 1.82) is 0 Å².